The number of carbonyl (C=O) groups is 1. The van der Waals surface area contributed by atoms with E-state index < -0.39 is 5.97 Å². The van der Waals surface area contributed by atoms with Crippen LogP contribution in [0.4, 0.5) is 0 Å². The van der Waals surface area contributed by atoms with Gasteiger partial charge >= 0.3 is 5.97 Å². The van der Waals surface area contributed by atoms with Crippen molar-refractivity contribution in [2.45, 2.75) is 52.9 Å². The number of carboxylic acids is 1. The Balaban J connectivity index is 0. The minimum absolute atomic E-state index is 0. The predicted molar refractivity (Wildman–Crippen MR) is 50.2 cm³/mol. The first-order valence-corrected chi connectivity index (χ1v) is 4.63. The molecule has 0 aromatic carbocycles. The van der Waals surface area contributed by atoms with Crippen LogP contribution in [0, 0.1) is 5.41 Å². The summed E-state index contributed by atoms with van der Waals surface area (Å²) in [5, 5.41) is 8.37. The summed E-state index contributed by atoms with van der Waals surface area (Å²) in [6, 6.07) is 0. The molecule has 13 heavy (non-hydrogen) atoms. The van der Waals surface area contributed by atoms with Gasteiger partial charge in [-0.25, -0.2) is 0 Å². The molecule has 0 aromatic rings. The molecule has 0 radical (unpaired) electrons. The summed E-state index contributed by atoms with van der Waals surface area (Å²) >= 11 is 0. The molecular weight excluding hydrogens is 331 g/mol. The molecule has 76 valence electrons. The van der Waals surface area contributed by atoms with Crippen molar-refractivity contribution in [2.75, 3.05) is 0 Å². The van der Waals surface area contributed by atoms with Crippen molar-refractivity contribution in [1.82, 2.24) is 0 Å². The molecule has 0 heterocycles. The van der Waals surface area contributed by atoms with Gasteiger partial charge in [-0.2, -0.15) is 0 Å². The van der Waals surface area contributed by atoms with Crippen LogP contribution in [0.15, 0.2) is 0 Å². The van der Waals surface area contributed by atoms with Gasteiger partial charge in [0.2, 0.25) is 0 Å². The van der Waals surface area contributed by atoms with Crippen LogP contribution in [0.25, 0.3) is 0 Å². The van der Waals surface area contributed by atoms with Crippen molar-refractivity contribution in [3.05, 3.63) is 0 Å². The second-order valence-electron chi connectivity index (χ2n) is 4.52. The van der Waals surface area contributed by atoms with E-state index in [0.29, 0.717) is 11.8 Å². The van der Waals surface area contributed by atoms with Gasteiger partial charge in [-0.05, 0) is 18.3 Å². The molecule has 0 saturated heterocycles. The molecule has 0 unspecified atom stereocenters. The minimum Gasteiger partial charge on any atom is -0.481 e. The van der Waals surface area contributed by atoms with Gasteiger partial charge in [-0.3, -0.25) is 4.79 Å². The Labute approximate surface area is 99.9 Å². The van der Waals surface area contributed by atoms with Crippen molar-refractivity contribution < 1.29 is 35.7 Å². The molecule has 0 rings (SSSR count). The maximum absolute atomic E-state index is 10.2. The van der Waals surface area contributed by atoms with E-state index in [4.69, 9.17) is 5.11 Å². The van der Waals surface area contributed by atoms with E-state index in [0.717, 1.165) is 19.3 Å². The second-order valence-corrected chi connectivity index (χ2v) is 4.52. The minimum atomic E-state index is -0.675. The quantitative estimate of drug-likeness (QED) is 0.611. The molecule has 0 aliphatic rings. The van der Waals surface area contributed by atoms with Crippen LogP contribution in [0.3, 0.4) is 0 Å². The Hall–Kier alpha value is 0.340. The van der Waals surface area contributed by atoms with Crippen LogP contribution in [0.5, 0.6) is 0 Å². The average molecular weight is 351 g/mol. The first-order chi connectivity index (χ1) is 5.42. The summed E-state index contributed by atoms with van der Waals surface area (Å²) < 4.78 is 0. The van der Waals surface area contributed by atoms with Gasteiger partial charge in [0.1, 0.15) is 0 Å². The largest absolute Gasteiger partial charge is 0.481 e. The molecule has 0 bridgehead atoms. The summed E-state index contributed by atoms with van der Waals surface area (Å²) in [5.74, 6) is -0.675. The molecule has 0 fully saturated rings. The van der Waals surface area contributed by atoms with Crippen LogP contribution in [0.2, 0.25) is 0 Å². The number of hydrogen-bond acceptors (Lipinski definition) is 1. The Morgan fingerprint density at radius 3 is 2.08 bits per heavy atom. The van der Waals surface area contributed by atoms with Crippen LogP contribution < -0.4 is 0 Å². The zero-order chi connectivity index (χ0) is 9.61. The first kappa shape index (κ1) is 15.8. The fourth-order valence-electron chi connectivity index (χ4n) is 1.11. The third kappa shape index (κ3) is 15.1. The zero-order valence-corrected chi connectivity index (χ0v) is 12.5. The smallest absolute Gasteiger partial charge is 0.303 e. The van der Waals surface area contributed by atoms with Gasteiger partial charge in [0.25, 0.3) is 0 Å². The fourth-order valence-corrected chi connectivity index (χ4v) is 1.11. The molecule has 3 heteroatoms. The van der Waals surface area contributed by atoms with E-state index in [1.54, 1.807) is 0 Å². The summed E-state index contributed by atoms with van der Waals surface area (Å²) in [5.41, 5.74) is 0.392. The summed E-state index contributed by atoms with van der Waals surface area (Å²) in [4.78, 5) is 10.2. The summed E-state index contributed by atoms with van der Waals surface area (Å²) in [6.07, 6.45) is 4.53. The van der Waals surface area contributed by atoms with Gasteiger partial charge in [-0.15, -0.1) is 0 Å². The van der Waals surface area contributed by atoms with Crippen molar-refractivity contribution in [3.8, 4) is 0 Å². The van der Waals surface area contributed by atoms with Crippen molar-refractivity contribution in [2.24, 2.45) is 5.41 Å². The third-order valence-electron chi connectivity index (χ3n) is 1.82. The van der Waals surface area contributed by atoms with Gasteiger partial charge in [0.05, 0.1) is 0 Å². The third-order valence-corrected chi connectivity index (χ3v) is 1.82. The molecule has 0 saturated carbocycles. The maximum Gasteiger partial charge on any atom is 0.303 e. The van der Waals surface area contributed by atoms with Gasteiger partial charge in [-0.1, -0.05) is 33.6 Å². The van der Waals surface area contributed by atoms with E-state index in [1.165, 1.54) is 6.42 Å². The molecule has 0 aliphatic heterocycles. The molecule has 0 atom stereocenters. The zero-order valence-electron chi connectivity index (χ0n) is 8.89. The Kier molecular flexibility index (Phi) is 9.38. The van der Waals surface area contributed by atoms with Crippen molar-refractivity contribution >= 4 is 5.97 Å². The van der Waals surface area contributed by atoms with Crippen LogP contribution in [-0.4, -0.2) is 11.1 Å². The first-order valence-electron chi connectivity index (χ1n) is 4.63. The van der Waals surface area contributed by atoms with Crippen LogP contribution in [0.1, 0.15) is 52.9 Å². The van der Waals surface area contributed by atoms with Crippen LogP contribution in [-0.2, 0) is 30.6 Å². The SMILES string of the molecule is CC(C)(C)CCCCCC(=O)O.[Hf]. The topological polar surface area (TPSA) is 37.3 Å². The summed E-state index contributed by atoms with van der Waals surface area (Å²) in [6.45, 7) is 6.64. The number of hydrogen-bond donors (Lipinski definition) is 1. The number of unbranched alkanes of at least 4 members (excludes halogenated alkanes) is 2. The molecular formula is C10H20HfO2. The van der Waals surface area contributed by atoms with Gasteiger partial charge in [0.15, 0.2) is 0 Å². The summed E-state index contributed by atoms with van der Waals surface area (Å²) in [7, 11) is 0. The Bertz CT molecular complexity index is 138. The number of carboxylic acid groups (broad SMARTS) is 1. The molecule has 0 spiro atoms. The van der Waals surface area contributed by atoms with Crippen LogP contribution >= 0.6 is 0 Å². The van der Waals surface area contributed by atoms with Gasteiger partial charge < -0.3 is 5.11 Å². The standard InChI is InChI=1S/C10H20O2.Hf/c1-10(2,3)8-6-4-5-7-9(11)12;/h4-8H2,1-3H3,(H,11,12);. The molecule has 2 nitrogen and oxygen atoms in total. The van der Waals surface area contributed by atoms with E-state index >= 15 is 0 Å². The number of aliphatic carboxylic acids is 1. The fraction of sp³-hybridized carbons (Fsp3) is 0.900. The average Bonchev–Trinajstić information content (AvgIpc) is 1.83. The molecule has 0 amide bonds. The Morgan fingerprint density at radius 1 is 1.15 bits per heavy atom. The van der Waals surface area contributed by atoms with Crippen molar-refractivity contribution in [1.29, 1.82) is 0 Å². The molecule has 0 aromatic heterocycles. The van der Waals surface area contributed by atoms with Gasteiger partial charge in [0, 0.05) is 32.3 Å². The molecule has 0 aliphatic carbocycles. The maximum atomic E-state index is 10.2. The normalized spacial score (nSPS) is 10.7. The van der Waals surface area contributed by atoms with E-state index in [1.807, 2.05) is 0 Å². The predicted octanol–water partition coefficient (Wildman–Crippen LogP) is 3.07. The van der Waals surface area contributed by atoms with E-state index in [2.05, 4.69) is 20.8 Å². The van der Waals surface area contributed by atoms with E-state index in [9.17, 15) is 4.79 Å². The van der Waals surface area contributed by atoms with E-state index in [-0.39, 0.29) is 25.8 Å². The Morgan fingerprint density at radius 2 is 1.69 bits per heavy atom. The number of rotatable bonds is 5. The monoisotopic (exact) mass is 352 g/mol. The molecule has 1 N–H and O–H groups in total. The van der Waals surface area contributed by atoms with Crippen molar-refractivity contribution in [3.63, 3.8) is 0 Å². The second kappa shape index (κ2) is 7.72.